The number of carbonyl (C=O) groups is 1. The fourth-order valence-corrected chi connectivity index (χ4v) is 3.28. The highest BCUT2D eigenvalue weighted by atomic mass is 32.2. The van der Waals surface area contributed by atoms with Crippen LogP contribution in [0.4, 0.5) is 4.39 Å². The minimum Gasteiger partial charge on any atom is -0.451 e. The number of cyclic esters (lactones) is 1. The SMILES string of the molecule is COOSc1ccc(C2=C(c3cccc(F)c3)C(=O)OC2(C)C)cc1. The van der Waals surface area contributed by atoms with E-state index in [4.69, 9.17) is 9.07 Å². The van der Waals surface area contributed by atoms with Crippen LogP contribution in [0.2, 0.25) is 0 Å². The number of benzene rings is 2. The van der Waals surface area contributed by atoms with E-state index in [0.29, 0.717) is 11.1 Å². The van der Waals surface area contributed by atoms with Crippen LogP contribution >= 0.6 is 12.0 Å². The highest BCUT2D eigenvalue weighted by Crippen LogP contribution is 2.44. The van der Waals surface area contributed by atoms with Crippen molar-refractivity contribution in [1.82, 2.24) is 0 Å². The Labute approximate surface area is 149 Å². The third kappa shape index (κ3) is 3.61. The van der Waals surface area contributed by atoms with E-state index in [0.717, 1.165) is 28.1 Å². The standard InChI is InChI=1S/C19H17FO4S/c1-19(2)17(12-7-9-15(10-8-12)25-24-22-3)16(18(21)23-19)13-5-4-6-14(20)11-13/h4-11H,1-3H3. The van der Waals surface area contributed by atoms with E-state index in [9.17, 15) is 9.18 Å². The number of hydrogen-bond donors (Lipinski definition) is 0. The molecule has 0 aromatic heterocycles. The van der Waals surface area contributed by atoms with Crippen LogP contribution in [0, 0.1) is 5.82 Å². The zero-order valence-corrected chi connectivity index (χ0v) is 14.9. The zero-order chi connectivity index (χ0) is 18.0. The molecule has 0 radical (unpaired) electrons. The van der Waals surface area contributed by atoms with Gasteiger partial charge in [0.15, 0.2) is 0 Å². The maximum atomic E-state index is 13.6. The van der Waals surface area contributed by atoms with Gasteiger partial charge in [0.05, 0.1) is 24.7 Å². The van der Waals surface area contributed by atoms with Crippen molar-refractivity contribution in [2.75, 3.05) is 7.11 Å². The molecule has 0 aliphatic carbocycles. The van der Waals surface area contributed by atoms with Gasteiger partial charge < -0.3 is 4.74 Å². The molecule has 1 aliphatic rings. The molecule has 0 spiro atoms. The quantitative estimate of drug-likeness (QED) is 0.336. The van der Waals surface area contributed by atoms with Crippen molar-refractivity contribution in [3.63, 3.8) is 0 Å². The smallest absolute Gasteiger partial charge is 0.340 e. The lowest BCUT2D eigenvalue weighted by atomic mass is 9.87. The summed E-state index contributed by atoms with van der Waals surface area (Å²) in [6.07, 6.45) is 0. The van der Waals surface area contributed by atoms with Crippen LogP contribution in [-0.2, 0) is 18.8 Å². The molecule has 0 unspecified atom stereocenters. The van der Waals surface area contributed by atoms with Crippen LogP contribution in [0.15, 0.2) is 53.4 Å². The van der Waals surface area contributed by atoms with Crippen LogP contribution in [-0.4, -0.2) is 18.7 Å². The summed E-state index contributed by atoms with van der Waals surface area (Å²) >= 11 is 1.09. The second kappa shape index (κ2) is 7.00. The largest absolute Gasteiger partial charge is 0.451 e. The maximum Gasteiger partial charge on any atom is 0.340 e. The number of esters is 1. The minimum atomic E-state index is -0.809. The third-order valence-corrected chi connectivity index (χ3v) is 4.53. The molecule has 1 aliphatic heterocycles. The number of ether oxygens (including phenoxy) is 1. The van der Waals surface area contributed by atoms with Gasteiger partial charge in [0.1, 0.15) is 11.4 Å². The van der Waals surface area contributed by atoms with E-state index in [1.165, 1.54) is 19.2 Å². The Morgan fingerprint density at radius 1 is 1.08 bits per heavy atom. The van der Waals surface area contributed by atoms with Gasteiger partial charge in [0.2, 0.25) is 0 Å². The molecule has 2 aromatic rings. The summed E-state index contributed by atoms with van der Waals surface area (Å²) in [7, 11) is 1.43. The molecular formula is C19H17FO4S. The van der Waals surface area contributed by atoms with Gasteiger partial charge in [-0.05, 0) is 49.2 Å². The highest BCUT2D eigenvalue weighted by Gasteiger charge is 2.41. The van der Waals surface area contributed by atoms with Crippen molar-refractivity contribution < 1.29 is 23.1 Å². The van der Waals surface area contributed by atoms with Crippen LogP contribution in [0.3, 0.4) is 0 Å². The minimum absolute atomic E-state index is 0.387. The molecule has 0 bridgehead atoms. The summed E-state index contributed by atoms with van der Waals surface area (Å²) in [5.74, 6) is -0.850. The highest BCUT2D eigenvalue weighted by molar-refractivity contribution is 7.94. The lowest BCUT2D eigenvalue weighted by molar-refractivity contribution is -0.160. The van der Waals surface area contributed by atoms with Gasteiger partial charge in [-0.2, -0.15) is 4.33 Å². The van der Waals surface area contributed by atoms with Gasteiger partial charge >= 0.3 is 5.97 Å². The molecule has 0 amide bonds. The Balaban J connectivity index is 2.09. The lowest BCUT2D eigenvalue weighted by Crippen LogP contribution is -2.22. The molecule has 0 saturated heterocycles. The Kier molecular flexibility index (Phi) is 4.94. The van der Waals surface area contributed by atoms with E-state index >= 15 is 0 Å². The van der Waals surface area contributed by atoms with Crippen LogP contribution in [0.1, 0.15) is 25.0 Å². The summed E-state index contributed by atoms with van der Waals surface area (Å²) in [5.41, 5.74) is 1.64. The van der Waals surface area contributed by atoms with Crippen molar-refractivity contribution in [2.45, 2.75) is 24.3 Å². The number of halogens is 1. The molecule has 0 atom stereocenters. The molecule has 4 nitrogen and oxygen atoms in total. The van der Waals surface area contributed by atoms with Gasteiger partial charge in [0.25, 0.3) is 0 Å². The molecule has 1 heterocycles. The monoisotopic (exact) mass is 360 g/mol. The molecule has 3 rings (SSSR count). The summed E-state index contributed by atoms with van der Waals surface area (Å²) < 4.78 is 24.0. The van der Waals surface area contributed by atoms with Crippen molar-refractivity contribution in [3.05, 3.63) is 65.5 Å². The Hall–Kier alpha value is -2.15. The molecule has 0 saturated carbocycles. The molecule has 0 fully saturated rings. The molecule has 130 valence electrons. The maximum absolute atomic E-state index is 13.6. The van der Waals surface area contributed by atoms with Gasteiger partial charge in [-0.25, -0.2) is 14.1 Å². The average molecular weight is 360 g/mol. The van der Waals surface area contributed by atoms with Gasteiger partial charge in [-0.1, -0.05) is 24.3 Å². The second-order valence-electron chi connectivity index (χ2n) is 6.00. The number of hydrogen-bond acceptors (Lipinski definition) is 5. The Bertz CT molecular complexity index is 828. The van der Waals surface area contributed by atoms with Gasteiger partial charge in [0, 0.05) is 10.5 Å². The van der Waals surface area contributed by atoms with Crippen LogP contribution in [0.5, 0.6) is 0 Å². The average Bonchev–Trinajstić information content (AvgIpc) is 2.82. The molecule has 0 N–H and O–H groups in total. The van der Waals surface area contributed by atoms with Crippen molar-refractivity contribution in [2.24, 2.45) is 0 Å². The number of rotatable bonds is 5. The first-order valence-electron chi connectivity index (χ1n) is 7.64. The van der Waals surface area contributed by atoms with E-state index < -0.39 is 17.4 Å². The molecule has 25 heavy (non-hydrogen) atoms. The summed E-state index contributed by atoms with van der Waals surface area (Å²) in [6.45, 7) is 3.65. The topological polar surface area (TPSA) is 44.8 Å². The van der Waals surface area contributed by atoms with Crippen molar-refractivity contribution >= 4 is 29.2 Å². The summed E-state index contributed by atoms with van der Waals surface area (Å²) in [6, 6.07) is 13.4. The first kappa shape index (κ1) is 17.7. The molecule has 2 aromatic carbocycles. The molecular weight excluding hydrogens is 343 g/mol. The van der Waals surface area contributed by atoms with Crippen LogP contribution in [0.25, 0.3) is 11.1 Å². The summed E-state index contributed by atoms with van der Waals surface area (Å²) in [4.78, 5) is 17.9. The Morgan fingerprint density at radius 3 is 2.44 bits per heavy atom. The third-order valence-electron chi connectivity index (χ3n) is 3.86. The fraction of sp³-hybridized carbons (Fsp3) is 0.211. The van der Waals surface area contributed by atoms with E-state index in [2.05, 4.69) is 4.89 Å². The van der Waals surface area contributed by atoms with E-state index in [1.54, 1.807) is 12.1 Å². The predicted octanol–water partition coefficient (Wildman–Crippen LogP) is 4.66. The first-order valence-corrected chi connectivity index (χ1v) is 8.38. The zero-order valence-electron chi connectivity index (χ0n) is 14.0. The molecule has 6 heteroatoms. The van der Waals surface area contributed by atoms with Crippen molar-refractivity contribution in [1.29, 1.82) is 0 Å². The normalized spacial score (nSPS) is 16.2. The summed E-state index contributed by atoms with van der Waals surface area (Å²) in [5, 5.41) is 0. The van der Waals surface area contributed by atoms with E-state index in [-0.39, 0.29) is 0 Å². The fourth-order valence-electron chi connectivity index (χ4n) is 2.89. The van der Waals surface area contributed by atoms with Crippen LogP contribution < -0.4 is 0 Å². The van der Waals surface area contributed by atoms with Gasteiger partial charge in [-0.15, -0.1) is 0 Å². The Morgan fingerprint density at radius 2 is 1.80 bits per heavy atom. The first-order chi connectivity index (χ1) is 11.9. The second-order valence-corrected chi connectivity index (χ2v) is 6.78. The van der Waals surface area contributed by atoms with Crippen molar-refractivity contribution in [3.8, 4) is 0 Å². The lowest BCUT2D eigenvalue weighted by Gasteiger charge is -2.21. The van der Waals surface area contributed by atoms with Gasteiger partial charge in [-0.3, -0.25) is 0 Å². The number of carbonyl (C=O) groups excluding carboxylic acids is 1. The van der Waals surface area contributed by atoms with E-state index in [1.807, 2.05) is 38.1 Å². The predicted molar refractivity (Wildman–Crippen MR) is 93.8 cm³/mol.